The number of anilines is 4. The lowest BCUT2D eigenvalue weighted by atomic mass is 10.1. The Balaban J connectivity index is 1.88. The quantitative estimate of drug-likeness (QED) is 0.417. The van der Waals surface area contributed by atoms with Crippen LogP contribution in [0.3, 0.4) is 0 Å². The summed E-state index contributed by atoms with van der Waals surface area (Å²) >= 11 is 1.61. The molecule has 158 valence electrons. The zero-order valence-electron chi connectivity index (χ0n) is 17.7. The fourth-order valence-electron chi connectivity index (χ4n) is 3.44. The van der Waals surface area contributed by atoms with Crippen molar-refractivity contribution in [3.05, 3.63) is 76.3 Å². The highest BCUT2D eigenvalue weighted by Crippen LogP contribution is 2.50. The molecule has 1 amide bonds. The summed E-state index contributed by atoms with van der Waals surface area (Å²) < 4.78 is 0. The van der Waals surface area contributed by atoms with E-state index < -0.39 is 4.92 Å². The number of amides is 1. The molecule has 3 aromatic carbocycles. The standard InChI is InChI=1S/C23H22N4O3S/c1-24(2)16-8-10-19-21(13-16)31-22-14-17(25(3)4)9-11-20(22)26(19)23(28)15-6-5-7-18(12-15)27(29)30/h5-14H,1-4H3. The van der Waals surface area contributed by atoms with Crippen LogP contribution in [0.25, 0.3) is 0 Å². The van der Waals surface area contributed by atoms with E-state index in [2.05, 4.69) is 12.1 Å². The normalized spacial score (nSPS) is 12.1. The Morgan fingerprint density at radius 3 is 1.90 bits per heavy atom. The molecule has 31 heavy (non-hydrogen) atoms. The minimum Gasteiger partial charge on any atom is -0.378 e. The van der Waals surface area contributed by atoms with Gasteiger partial charge in [-0.25, -0.2) is 0 Å². The van der Waals surface area contributed by atoms with Crippen molar-refractivity contribution in [2.24, 2.45) is 0 Å². The van der Waals surface area contributed by atoms with Gasteiger partial charge in [0.15, 0.2) is 0 Å². The van der Waals surface area contributed by atoms with Crippen LogP contribution in [0.15, 0.2) is 70.5 Å². The number of benzene rings is 3. The van der Waals surface area contributed by atoms with Crippen molar-refractivity contribution in [2.75, 3.05) is 42.9 Å². The van der Waals surface area contributed by atoms with Gasteiger partial charge in [0.05, 0.1) is 16.3 Å². The Hall–Kier alpha value is -3.52. The van der Waals surface area contributed by atoms with Crippen LogP contribution in [0, 0.1) is 10.1 Å². The van der Waals surface area contributed by atoms with Crippen molar-refractivity contribution >= 4 is 46.1 Å². The minimum absolute atomic E-state index is 0.108. The van der Waals surface area contributed by atoms with Crippen LogP contribution >= 0.6 is 11.8 Å². The maximum Gasteiger partial charge on any atom is 0.270 e. The number of non-ortho nitro benzene ring substituents is 1. The number of hydrogen-bond donors (Lipinski definition) is 0. The molecule has 7 nitrogen and oxygen atoms in total. The first kappa shape index (κ1) is 20.7. The van der Waals surface area contributed by atoms with Crippen molar-refractivity contribution < 1.29 is 9.72 Å². The lowest BCUT2D eigenvalue weighted by Gasteiger charge is -2.32. The highest BCUT2D eigenvalue weighted by atomic mass is 32.2. The highest BCUT2D eigenvalue weighted by Gasteiger charge is 2.30. The van der Waals surface area contributed by atoms with Crippen LogP contribution in [-0.2, 0) is 0 Å². The second-order valence-electron chi connectivity index (χ2n) is 7.64. The number of carbonyl (C=O) groups excluding carboxylic acids is 1. The summed E-state index contributed by atoms with van der Waals surface area (Å²) in [5.41, 5.74) is 3.74. The molecule has 0 radical (unpaired) electrons. The van der Waals surface area contributed by atoms with Crippen molar-refractivity contribution in [3.8, 4) is 0 Å². The third kappa shape index (κ3) is 3.82. The molecular formula is C23H22N4O3S. The third-order valence-corrected chi connectivity index (χ3v) is 6.22. The van der Waals surface area contributed by atoms with Crippen LogP contribution in [0.5, 0.6) is 0 Å². The predicted molar refractivity (Wildman–Crippen MR) is 125 cm³/mol. The van der Waals surface area contributed by atoms with Gasteiger partial charge in [-0.3, -0.25) is 19.8 Å². The van der Waals surface area contributed by atoms with Crippen LogP contribution < -0.4 is 14.7 Å². The second-order valence-corrected chi connectivity index (χ2v) is 8.73. The molecule has 0 saturated carbocycles. The Labute approximate surface area is 185 Å². The van der Waals surface area contributed by atoms with E-state index in [1.807, 2.05) is 62.3 Å². The molecule has 0 aliphatic carbocycles. The fourth-order valence-corrected chi connectivity index (χ4v) is 4.57. The molecule has 4 rings (SSSR count). The van der Waals surface area contributed by atoms with E-state index in [1.165, 1.54) is 18.2 Å². The number of carbonyl (C=O) groups is 1. The molecule has 1 aliphatic heterocycles. The van der Waals surface area contributed by atoms with E-state index in [0.717, 1.165) is 32.5 Å². The average Bonchev–Trinajstić information content (AvgIpc) is 2.76. The van der Waals surface area contributed by atoms with Crippen LogP contribution in [0.4, 0.5) is 28.4 Å². The van der Waals surface area contributed by atoms with E-state index in [0.29, 0.717) is 0 Å². The summed E-state index contributed by atoms with van der Waals surface area (Å²) in [4.78, 5) is 31.9. The molecule has 0 spiro atoms. The maximum absolute atomic E-state index is 13.6. The minimum atomic E-state index is -0.489. The zero-order valence-corrected chi connectivity index (χ0v) is 18.5. The second kappa shape index (κ2) is 7.96. The molecule has 1 heterocycles. The Morgan fingerprint density at radius 1 is 0.871 bits per heavy atom. The molecule has 3 aromatic rings. The van der Waals surface area contributed by atoms with Gasteiger partial charge in [-0.2, -0.15) is 0 Å². The van der Waals surface area contributed by atoms with Crippen molar-refractivity contribution in [3.63, 3.8) is 0 Å². The molecule has 0 aromatic heterocycles. The molecule has 8 heteroatoms. The summed E-state index contributed by atoms with van der Waals surface area (Å²) in [5, 5.41) is 11.2. The van der Waals surface area contributed by atoms with Crippen LogP contribution in [0.2, 0.25) is 0 Å². The predicted octanol–water partition coefficient (Wildman–Crippen LogP) is 5.17. The number of nitrogens with zero attached hydrogens (tertiary/aromatic N) is 4. The van der Waals surface area contributed by atoms with E-state index in [4.69, 9.17) is 0 Å². The number of nitro groups is 1. The molecular weight excluding hydrogens is 412 g/mol. The van der Waals surface area contributed by atoms with Gasteiger partial charge in [-0.05, 0) is 42.5 Å². The zero-order chi connectivity index (χ0) is 22.3. The van der Waals surface area contributed by atoms with Crippen LogP contribution in [0.1, 0.15) is 10.4 Å². The first-order valence-corrected chi connectivity index (χ1v) is 10.5. The van der Waals surface area contributed by atoms with Gasteiger partial charge in [-0.1, -0.05) is 17.8 Å². The molecule has 0 N–H and O–H groups in total. The Bertz CT molecular complexity index is 1140. The van der Waals surface area contributed by atoms with Gasteiger partial charge in [-0.15, -0.1) is 0 Å². The Morgan fingerprint density at radius 2 is 1.42 bits per heavy atom. The van der Waals surface area contributed by atoms with Gasteiger partial charge < -0.3 is 9.80 Å². The molecule has 0 unspecified atom stereocenters. The summed E-state index contributed by atoms with van der Waals surface area (Å²) in [6, 6.07) is 17.8. The van der Waals surface area contributed by atoms with Gasteiger partial charge >= 0.3 is 0 Å². The number of hydrogen-bond acceptors (Lipinski definition) is 6. The van der Waals surface area contributed by atoms with Crippen LogP contribution in [-0.4, -0.2) is 39.0 Å². The number of fused-ring (bicyclic) bond motifs is 2. The summed E-state index contributed by atoms with van der Waals surface area (Å²) in [6.07, 6.45) is 0. The largest absolute Gasteiger partial charge is 0.378 e. The highest BCUT2D eigenvalue weighted by molar-refractivity contribution is 7.99. The van der Waals surface area contributed by atoms with Gasteiger partial charge in [0.25, 0.3) is 11.6 Å². The fraction of sp³-hybridized carbons (Fsp3) is 0.174. The first-order chi connectivity index (χ1) is 14.8. The number of nitro benzene ring substituents is 1. The smallest absolute Gasteiger partial charge is 0.270 e. The Kier molecular flexibility index (Phi) is 5.32. The SMILES string of the molecule is CN(C)c1ccc2c(c1)Sc1cc(N(C)C)ccc1N2C(=O)c1cccc([N+](=O)[O-])c1. The van der Waals surface area contributed by atoms with E-state index in [1.54, 1.807) is 22.7 Å². The van der Waals surface area contributed by atoms with Crippen molar-refractivity contribution in [1.82, 2.24) is 0 Å². The monoisotopic (exact) mass is 434 g/mol. The summed E-state index contributed by atoms with van der Waals surface area (Å²) in [5.74, 6) is -0.304. The molecule has 0 saturated heterocycles. The van der Waals surface area contributed by atoms with Gasteiger partial charge in [0.2, 0.25) is 0 Å². The topological polar surface area (TPSA) is 69.9 Å². The number of rotatable bonds is 4. The molecule has 1 aliphatic rings. The molecule has 0 atom stereocenters. The lowest BCUT2D eigenvalue weighted by Crippen LogP contribution is -2.29. The van der Waals surface area contributed by atoms with Gasteiger partial charge in [0.1, 0.15) is 0 Å². The van der Waals surface area contributed by atoms with E-state index in [9.17, 15) is 14.9 Å². The maximum atomic E-state index is 13.6. The summed E-state index contributed by atoms with van der Waals surface area (Å²) in [6.45, 7) is 0. The molecule has 0 fully saturated rings. The first-order valence-electron chi connectivity index (χ1n) is 9.66. The van der Waals surface area contributed by atoms with E-state index >= 15 is 0 Å². The molecule has 0 bridgehead atoms. The van der Waals surface area contributed by atoms with Crippen molar-refractivity contribution in [1.29, 1.82) is 0 Å². The average molecular weight is 435 g/mol. The van der Waals surface area contributed by atoms with E-state index in [-0.39, 0.29) is 17.2 Å². The lowest BCUT2D eigenvalue weighted by molar-refractivity contribution is -0.384. The third-order valence-electron chi connectivity index (χ3n) is 5.13. The van der Waals surface area contributed by atoms with Gasteiger partial charge in [0, 0.05) is 67.1 Å². The summed E-state index contributed by atoms with van der Waals surface area (Å²) in [7, 11) is 7.89. The van der Waals surface area contributed by atoms with Crippen molar-refractivity contribution in [2.45, 2.75) is 9.79 Å².